The lowest BCUT2D eigenvalue weighted by Crippen LogP contribution is -2.28. The van der Waals surface area contributed by atoms with Gasteiger partial charge in [0.15, 0.2) is 0 Å². The van der Waals surface area contributed by atoms with Crippen molar-refractivity contribution >= 4 is 0 Å². The van der Waals surface area contributed by atoms with Crippen LogP contribution in [0.5, 0.6) is 0 Å². The van der Waals surface area contributed by atoms with E-state index in [4.69, 9.17) is 9.47 Å². The van der Waals surface area contributed by atoms with Crippen molar-refractivity contribution in [1.82, 2.24) is 0 Å². The smallest absolute Gasteiger partial charge is 0.0976 e. The first-order valence-electron chi connectivity index (χ1n) is 3.99. The van der Waals surface area contributed by atoms with Crippen LogP contribution in [-0.4, -0.2) is 23.4 Å². The van der Waals surface area contributed by atoms with Crippen molar-refractivity contribution in [3.8, 4) is 0 Å². The van der Waals surface area contributed by atoms with Crippen molar-refractivity contribution in [2.75, 3.05) is 0 Å². The third-order valence-electron chi connectivity index (χ3n) is 3.40. The van der Waals surface area contributed by atoms with E-state index in [1.807, 2.05) is 0 Å². The fourth-order valence-corrected chi connectivity index (χ4v) is 2.29. The van der Waals surface area contributed by atoms with Gasteiger partial charge in [-0.15, -0.1) is 0 Å². The molecule has 0 spiro atoms. The van der Waals surface area contributed by atoms with Crippen molar-refractivity contribution < 1.29 is 9.47 Å². The van der Waals surface area contributed by atoms with E-state index in [0.29, 0.717) is 12.2 Å². The Morgan fingerprint density at radius 2 is 1.60 bits per heavy atom. The van der Waals surface area contributed by atoms with Crippen LogP contribution in [-0.2, 0) is 9.47 Å². The van der Waals surface area contributed by atoms with Gasteiger partial charge in [-0.2, -0.15) is 0 Å². The Kier molecular flexibility index (Phi) is 0.647. The maximum Gasteiger partial charge on any atom is 0.0976 e. The number of rotatable bonds is 0. The van der Waals surface area contributed by atoms with Gasteiger partial charge in [0.1, 0.15) is 0 Å². The molecule has 0 aromatic rings. The summed E-state index contributed by atoms with van der Waals surface area (Å²) >= 11 is 0. The highest BCUT2D eigenvalue weighted by molar-refractivity contribution is 5.20. The Bertz CT molecular complexity index is 183. The SMILES string of the molecule is C[C@@]12C[C@H]3O[C@H]3C[C@]1(C)O2. The Labute approximate surface area is 60.5 Å². The molecular weight excluding hydrogens is 128 g/mol. The summed E-state index contributed by atoms with van der Waals surface area (Å²) in [6, 6.07) is 0. The zero-order valence-electron chi connectivity index (χ0n) is 6.39. The highest BCUT2D eigenvalue weighted by atomic mass is 16.7. The molecule has 56 valence electrons. The zero-order chi connectivity index (χ0) is 6.98. The average molecular weight is 140 g/mol. The fraction of sp³-hybridized carbons (Fsp3) is 1.00. The van der Waals surface area contributed by atoms with Crippen LogP contribution in [0.2, 0.25) is 0 Å². The second kappa shape index (κ2) is 1.16. The molecule has 0 radical (unpaired) electrons. The first-order valence-corrected chi connectivity index (χ1v) is 3.99. The summed E-state index contributed by atoms with van der Waals surface area (Å²) in [7, 11) is 0. The lowest BCUT2D eigenvalue weighted by Gasteiger charge is -2.13. The van der Waals surface area contributed by atoms with E-state index in [1.165, 1.54) is 0 Å². The van der Waals surface area contributed by atoms with E-state index in [-0.39, 0.29) is 11.2 Å². The van der Waals surface area contributed by atoms with Crippen LogP contribution < -0.4 is 0 Å². The molecule has 2 heterocycles. The molecule has 0 unspecified atom stereocenters. The highest BCUT2D eigenvalue weighted by Crippen LogP contribution is 2.61. The molecule has 0 bridgehead atoms. The minimum Gasteiger partial charge on any atom is -0.369 e. The average Bonchev–Trinajstić information content (AvgIpc) is 2.53. The molecule has 2 heteroatoms. The summed E-state index contributed by atoms with van der Waals surface area (Å²) in [4.78, 5) is 0. The molecule has 3 rings (SSSR count). The molecule has 0 aromatic carbocycles. The normalized spacial score (nSPS) is 70.2. The predicted octanol–water partition coefficient (Wildman–Crippen LogP) is 1.10. The van der Waals surface area contributed by atoms with Crippen LogP contribution >= 0.6 is 0 Å². The summed E-state index contributed by atoms with van der Waals surface area (Å²) in [5.74, 6) is 0. The van der Waals surface area contributed by atoms with Gasteiger partial charge in [-0.3, -0.25) is 0 Å². The molecule has 3 aliphatic rings. The Morgan fingerprint density at radius 1 is 1.10 bits per heavy atom. The van der Waals surface area contributed by atoms with Crippen LogP contribution in [0.15, 0.2) is 0 Å². The van der Waals surface area contributed by atoms with Crippen molar-refractivity contribution in [3.63, 3.8) is 0 Å². The number of hydrogen-bond donors (Lipinski definition) is 0. The molecule has 3 fully saturated rings. The second-order valence-electron chi connectivity index (χ2n) is 4.19. The van der Waals surface area contributed by atoms with E-state index in [2.05, 4.69) is 13.8 Å². The van der Waals surface area contributed by atoms with E-state index < -0.39 is 0 Å². The van der Waals surface area contributed by atoms with Crippen molar-refractivity contribution in [2.45, 2.75) is 50.1 Å². The van der Waals surface area contributed by atoms with Gasteiger partial charge in [0.2, 0.25) is 0 Å². The number of hydrogen-bond acceptors (Lipinski definition) is 2. The van der Waals surface area contributed by atoms with Gasteiger partial charge in [0.05, 0.1) is 23.4 Å². The molecular formula is C8H12O2. The minimum atomic E-state index is 0.171. The van der Waals surface area contributed by atoms with Gasteiger partial charge < -0.3 is 9.47 Å². The fourth-order valence-electron chi connectivity index (χ4n) is 2.29. The minimum absolute atomic E-state index is 0.171. The molecule has 2 nitrogen and oxygen atoms in total. The summed E-state index contributed by atoms with van der Waals surface area (Å²) in [5, 5.41) is 0. The lowest BCUT2D eigenvalue weighted by molar-refractivity contribution is 0.233. The first kappa shape index (κ1) is 5.56. The van der Waals surface area contributed by atoms with Gasteiger partial charge in [-0.1, -0.05) is 0 Å². The van der Waals surface area contributed by atoms with Gasteiger partial charge in [0.25, 0.3) is 0 Å². The van der Waals surface area contributed by atoms with E-state index >= 15 is 0 Å². The maximum atomic E-state index is 5.67. The quantitative estimate of drug-likeness (QED) is 0.471. The van der Waals surface area contributed by atoms with Crippen molar-refractivity contribution in [1.29, 1.82) is 0 Å². The van der Waals surface area contributed by atoms with Crippen LogP contribution in [0, 0.1) is 0 Å². The third-order valence-corrected chi connectivity index (χ3v) is 3.40. The van der Waals surface area contributed by atoms with E-state index in [1.54, 1.807) is 0 Å². The highest BCUT2D eigenvalue weighted by Gasteiger charge is 2.72. The Balaban J connectivity index is 1.92. The maximum absolute atomic E-state index is 5.67. The number of epoxide rings is 2. The van der Waals surface area contributed by atoms with Gasteiger partial charge >= 0.3 is 0 Å². The van der Waals surface area contributed by atoms with Crippen LogP contribution in [0.3, 0.4) is 0 Å². The van der Waals surface area contributed by atoms with E-state index in [9.17, 15) is 0 Å². The van der Waals surface area contributed by atoms with Crippen LogP contribution in [0.1, 0.15) is 26.7 Å². The molecule has 0 aromatic heterocycles. The van der Waals surface area contributed by atoms with Crippen LogP contribution in [0.4, 0.5) is 0 Å². The van der Waals surface area contributed by atoms with E-state index in [0.717, 1.165) is 12.8 Å². The standard InChI is InChI=1S/C8H12O2/c1-7-3-5-6(9-5)4-8(7,2)10-7/h5-6H,3-4H2,1-2H3/t5-,6+,7-,8+. The van der Waals surface area contributed by atoms with Gasteiger partial charge in [-0.05, 0) is 13.8 Å². The third kappa shape index (κ3) is 0.453. The summed E-state index contributed by atoms with van der Waals surface area (Å²) in [6.07, 6.45) is 3.32. The summed E-state index contributed by atoms with van der Waals surface area (Å²) in [6.45, 7) is 4.40. The molecule has 1 aliphatic carbocycles. The first-order chi connectivity index (χ1) is 4.63. The lowest BCUT2D eigenvalue weighted by atomic mass is 9.82. The molecule has 0 N–H and O–H groups in total. The second-order valence-corrected chi connectivity index (χ2v) is 4.19. The Hall–Kier alpha value is -0.0800. The molecule has 2 aliphatic heterocycles. The largest absolute Gasteiger partial charge is 0.369 e. The van der Waals surface area contributed by atoms with Crippen molar-refractivity contribution in [3.05, 3.63) is 0 Å². The summed E-state index contributed by atoms with van der Waals surface area (Å²) in [5.41, 5.74) is 0.343. The topological polar surface area (TPSA) is 25.1 Å². The molecule has 4 atom stereocenters. The monoisotopic (exact) mass is 140 g/mol. The number of ether oxygens (including phenoxy) is 2. The molecule has 0 amide bonds. The Morgan fingerprint density at radius 3 is 2.10 bits per heavy atom. The summed E-state index contributed by atoms with van der Waals surface area (Å²) < 4.78 is 11.1. The number of fused-ring (bicyclic) bond motifs is 2. The zero-order valence-corrected chi connectivity index (χ0v) is 6.39. The molecule has 10 heavy (non-hydrogen) atoms. The van der Waals surface area contributed by atoms with Crippen LogP contribution in [0.25, 0.3) is 0 Å². The molecule has 2 saturated heterocycles. The molecule has 1 saturated carbocycles. The predicted molar refractivity (Wildman–Crippen MR) is 35.8 cm³/mol. The van der Waals surface area contributed by atoms with Crippen molar-refractivity contribution in [2.24, 2.45) is 0 Å². The van der Waals surface area contributed by atoms with Gasteiger partial charge in [-0.25, -0.2) is 0 Å². The van der Waals surface area contributed by atoms with Gasteiger partial charge in [0, 0.05) is 12.8 Å².